The van der Waals surface area contributed by atoms with Gasteiger partial charge in [0, 0.05) is 6.54 Å². The summed E-state index contributed by atoms with van der Waals surface area (Å²) in [6, 6.07) is -1.35. The molecule has 2 aliphatic rings. The first kappa shape index (κ1) is 11.3. The van der Waals surface area contributed by atoms with E-state index >= 15 is 0 Å². The minimum atomic E-state index is -1.13. The Morgan fingerprint density at radius 3 is 2.62 bits per heavy atom. The van der Waals surface area contributed by atoms with Gasteiger partial charge in [-0.2, -0.15) is 0 Å². The molecule has 0 aliphatic carbocycles. The molecule has 2 fully saturated rings. The van der Waals surface area contributed by atoms with Crippen molar-refractivity contribution in [2.75, 3.05) is 13.1 Å². The molecule has 0 aromatic heterocycles. The van der Waals surface area contributed by atoms with Crippen LogP contribution in [0, 0.1) is 0 Å². The standard InChI is InChI=1S/C10H16N2O4/c13-7-3-5-12(8(7)10(15)16)9(14)6-2-1-4-11-6/h6-8,11,13H,1-5H2,(H,15,16)/t6-,7-,8-/m0/s1. The number of carbonyl (C=O) groups excluding carboxylic acids is 1. The molecule has 0 saturated carbocycles. The summed E-state index contributed by atoms with van der Waals surface area (Å²) in [5.74, 6) is -1.32. The van der Waals surface area contributed by atoms with Crippen molar-refractivity contribution in [2.24, 2.45) is 0 Å². The molecule has 3 atom stereocenters. The van der Waals surface area contributed by atoms with Crippen LogP contribution in [0.4, 0.5) is 0 Å². The first-order valence-electron chi connectivity index (χ1n) is 5.56. The number of nitrogens with one attached hydrogen (secondary N) is 1. The van der Waals surface area contributed by atoms with Gasteiger partial charge >= 0.3 is 5.97 Å². The van der Waals surface area contributed by atoms with Crippen LogP contribution in [0.2, 0.25) is 0 Å². The van der Waals surface area contributed by atoms with Crippen LogP contribution >= 0.6 is 0 Å². The number of aliphatic hydroxyl groups excluding tert-OH is 1. The van der Waals surface area contributed by atoms with Gasteiger partial charge in [0.15, 0.2) is 6.04 Å². The number of nitrogens with zero attached hydrogens (tertiary/aromatic N) is 1. The molecule has 16 heavy (non-hydrogen) atoms. The molecular formula is C10H16N2O4. The molecule has 0 spiro atoms. The predicted molar refractivity (Wildman–Crippen MR) is 54.8 cm³/mol. The van der Waals surface area contributed by atoms with Gasteiger partial charge in [0.2, 0.25) is 5.91 Å². The minimum Gasteiger partial charge on any atom is -0.480 e. The highest BCUT2D eigenvalue weighted by Crippen LogP contribution is 2.21. The van der Waals surface area contributed by atoms with E-state index in [-0.39, 0.29) is 11.9 Å². The molecule has 6 nitrogen and oxygen atoms in total. The van der Waals surface area contributed by atoms with E-state index in [0.29, 0.717) is 13.0 Å². The zero-order chi connectivity index (χ0) is 11.7. The van der Waals surface area contributed by atoms with Crippen molar-refractivity contribution in [1.29, 1.82) is 0 Å². The van der Waals surface area contributed by atoms with Crippen molar-refractivity contribution >= 4 is 11.9 Å². The molecular weight excluding hydrogens is 212 g/mol. The van der Waals surface area contributed by atoms with Gasteiger partial charge in [-0.1, -0.05) is 0 Å². The van der Waals surface area contributed by atoms with Gasteiger partial charge in [0.05, 0.1) is 12.1 Å². The highest BCUT2D eigenvalue weighted by molar-refractivity contribution is 5.88. The van der Waals surface area contributed by atoms with Crippen molar-refractivity contribution < 1.29 is 19.8 Å². The van der Waals surface area contributed by atoms with E-state index in [9.17, 15) is 14.7 Å². The lowest BCUT2D eigenvalue weighted by molar-refractivity contribution is -0.151. The zero-order valence-electron chi connectivity index (χ0n) is 8.93. The molecule has 0 bridgehead atoms. The van der Waals surface area contributed by atoms with Crippen LogP contribution in [0.25, 0.3) is 0 Å². The van der Waals surface area contributed by atoms with E-state index in [1.807, 2.05) is 0 Å². The molecule has 90 valence electrons. The largest absolute Gasteiger partial charge is 0.480 e. The molecule has 0 aromatic carbocycles. The number of aliphatic hydroxyl groups is 1. The second-order valence-electron chi connectivity index (χ2n) is 4.32. The Hall–Kier alpha value is -1.14. The molecule has 3 N–H and O–H groups in total. The Kier molecular flexibility index (Phi) is 3.11. The Morgan fingerprint density at radius 1 is 1.31 bits per heavy atom. The van der Waals surface area contributed by atoms with Crippen LogP contribution in [-0.2, 0) is 9.59 Å². The quantitative estimate of drug-likeness (QED) is 0.551. The van der Waals surface area contributed by atoms with E-state index in [1.54, 1.807) is 0 Å². The maximum absolute atomic E-state index is 12.0. The summed E-state index contributed by atoms with van der Waals surface area (Å²) in [7, 11) is 0. The second kappa shape index (κ2) is 4.39. The topological polar surface area (TPSA) is 89.9 Å². The van der Waals surface area contributed by atoms with Crippen LogP contribution in [0.3, 0.4) is 0 Å². The summed E-state index contributed by atoms with van der Waals surface area (Å²) in [5.41, 5.74) is 0. The number of rotatable bonds is 2. The van der Waals surface area contributed by atoms with Gasteiger partial charge < -0.3 is 20.4 Å². The Morgan fingerprint density at radius 2 is 2.06 bits per heavy atom. The number of aliphatic carboxylic acids is 1. The summed E-state index contributed by atoms with van der Waals surface area (Å²) in [6.07, 6.45) is 1.08. The average molecular weight is 228 g/mol. The van der Waals surface area contributed by atoms with Crippen LogP contribution in [0.1, 0.15) is 19.3 Å². The van der Waals surface area contributed by atoms with Crippen LogP contribution < -0.4 is 5.32 Å². The summed E-state index contributed by atoms with van der Waals surface area (Å²) < 4.78 is 0. The van der Waals surface area contributed by atoms with Gasteiger partial charge in [-0.25, -0.2) is 4.79 Å². The van der Waals surface area contributed by atoms with Gasteiger partial charge in [-0.05, 0) is 25.8 Å². The molecule has 0 unspecified atom stereocenters. The van der Waals surface area contributed by atoms with Crippen LogP contribution in [0.15, 0.2) is 0 Å². The van der Waals surface area contributed by atoms with Gasteiger partial charge in [-0.3, -0.25) is 4.79 Å². The van der Waals surface area contributed by atoms with Crippen LogP contribution in [-0.4, -0.2) is 58.3 Å². The van der Waals surface area contributed by atoms with E-state index in [2.05, 4.69) is 5.32 Å². The number of carboxylic acid groups (broad SMARTS) is 1. The van der Waals surface area contributed by atoms with Crippen molar-refractivity contribution in [3.8, 4) is 0 Å². The van der Waals surface area contributed by atoms with Gasteiger partial charge in [-0.15, -0.1) is 0 Å². The lowest BCUT2D eigenvalue weighted by Gasteiger charge is -2.25. The third kappa shape index (κ3) is 1.90. The Labute approximate surface area is 93.2 Å². The van der Waals surface area contributed by atoms with E-state index in [1.165, 1.54) is 4.90 Å². The minimum absolute atomic E-state index is 0.193. The first-order chi connectivity index (χ1) is 7.61. The van der Waals surface area contributed by atoms with E-state index < -0.39 is 18.1 Å². The first-order valence-corrected chi connectivity index (χ1v) is 5.56. The highest BCUT2D eigenvalue weighted by Gasteiger charge is 2.43. The third-order valence-corrected chi connectivity index (χ3v) is 3.26. The number of hydrogen-bond donors (Lipinski definition) is 3. The molecule has 6 heteroatoms. The molecule has 0 aromatic rings. The molecule has 1 amide bonds. The maximum Gasteiger partial charge on any atom is 0.329 e. The normalized spacial score (nSPS) is 34.3. The number of likely N-dealkylation sites (tertiary alicyclic amines) is 1. The number of hydrogen-bond acceptors (Lipinski definition) is 4. The number of carbonyl (C=O) groups is 2. The SMILES string of the molecule is O=C(O)[C@@H]1[C@@H](O)CCN1C(=O)[C@@H]1CCCN1. The van der Waals surface area contributed by atoms with Crippen LogP contribution in [0.5, 0.6) is 0 Å². The summed E-state index contributed by atoms with van der Waals surface area (Å²) in [5, 5.41) is 21.5. The summed E-state index contributed by atoms with van der Waals surface area (Å²) >= 11 is 0. The second-order valence-corrected chi connectivity index (χ2v) is 4.32. The number of amides is 1. The molecule has 2 heterocycles. The fraction of sp³-hybridized carbons (Fsp3) is 0.800. The van der Waals surface area contributed by atoms with E-state index in [4.69, 9.17) is 5.11 Å². The lowest BCUT2D eigenvalue weighted by Crippen LogP contribution is -2.50. The fourth-order valence-corrected chi connectivity index (χ4v) is 2.42. The molecule has 2 rings (SSSR count). The summed E-state index contributed by atoms with van der Waals surface area (Å²) in [4.78, 5) is 24.3. The van der Waals surface area contributed by atoms with E-state index in [0.717, 1.165) is 19.4 Å². The van der Waals surface area contributed by atoms with Crippen molar-refractivity contribution in [1.82, 2.24) is 10.2 Å². The van der Waals surface area contributed by atoms with Gasteiger partial charge in [0.1, 0.15) is 0 Å². The lowest BCUT2D eigenvalue weighted by atomic mass is 10.1. The Balaban J connectivity index is 2.07. The monoisotopic (exact) mass is 228 g/mol. The smallest absolute Gasteiger partial charge is 0.329 e. The Bertz CT molecular complexity index is 301. The summed E-state index contributed by atoms with van der Waals surface area (Å²) in [6.45, 7) is 1.12. The molecule has 0 radical (unpaired) electrons. The zero-order valence-corrected chi connectivity index (χ0v) is 8.93. The third-order valence-electron chi connectivity index (χ3n) is 3.26. The average Bonchev–Trinajstić information content (AvgIpc) is 2.84. The predicted octanol–water partition coefficient (Wildman–Crippen LogP) is -1.22. The number of carboxylic acids is 1. The highest BCUT2D eigenvalue weighted by atomic mass is 16.4. The fourth-order valence-electron chi connectivity index (χ4n) is 2.42. The van der Waals surface area contributed by atoms with Gasteiger partial charge in [0.25, 0.3) is 0 Å². The maximum atomic E-state index is 12.0. The molecule has 2 aliphatic heterocycles. The van der Waals surface area contributed by atoms with Crippen molar-refractivity contribution in [3.05, 3.63) is 0 Å². The van der Waals surface area contributed by atoms with Crippen molar-refractivity contribution in [2.45, 2.75) is 37.5 Å². The molecule has 2 saturated heterocycles. The van der Waals surface area contributed by atoms with Crippen molar-refractivity contribution in [3.63, 3.8) is 0 Å².